The SMILES string of the molecule is O=CC1CC(C(=O)O)CC(C(=O)O)C1.[K+].[NH-]C(Cc1ccccc1)C(=O)NCC(=O)Nc1ccc2c(c1)=CCC=CC=2. The predicted molar refractivity (Wildman–Crippen MR) is 154 cm³/mol. The summed E-state index contributed by atoms with van der Waals surface area (Å²) in [6.45, 7) is -0.155. The van der Waals surface area contributed by atoms with Gasteiger partial charge >= 0.3 is 63.3 Å². The summed E-state index contributed by atoms with van der Waals surface area (Å²) in [6, 6.07) is 14.2. The van der Waals surface area contributed by atoms with Gasteiger partial charge in [0.15, 0.2) is 0 Å². The van der Waals surface area contributed by atoms with Crippen LogP contribution in [0.25, 0.3) is 17.9 Å². The number of allylic oxidation sites excluding steroid dienone is 2. The van der Waals surface area contributed by atoms with Crippen molar-refractivity contribution in [3.63, 3.8) is 0 Å². The van der Waals surface area contributed by atoms with E-state index in [0.717, 1.165) is 22.4 Å². The first kappa shape index (κ1) is 35.3. The van der Waals surface area contributed by atoms with Crippen molar-refractivity contribution in [1.29, 1.82) is 0 Å². The Hall–Kier alpha value is -2.93. The normalized spacial score (nSPS) is 19.3. The maximum atomic E-state index is 12.1. The summed E-state index contributed by atoms with van der Waals surface area (Å²) >= 11 is 0. The third kappa shape index (κ3) is 11.4. The number of aliphatic carboxylic acids is 2. The number of amides is 2. The van der Waals surface area contributed by atoms with Gasteiger partial charge in [0.05, 0.1) is 18.4 Å². The number of fused-ring (bicyclic) bond motifs is 1. The van der Waals surface area contributed by atoms with Crippen molar-refractivity contribution in [2.75, 3.05) is 11.9 Å². The van der Waals surface area contributed by atoms with Gasteiger partial charge in [-0.2, -0.15) is 0 Å². The number of aldehydes is 1. The van der Waals surface area contributed by atoms with Crippen molar-refractivity contribution < 1.29 is 85.6 Å². The Kier molecular flexibility index (Phi) is 15.0. The zero-order chi connectivity index (χ0) is 29.8. The third-order valence-electron chi connectivity index (χ3n) is 6.91. The van der Waals surface area contributed by atoms with Crippen molar-refractivity contribution in [1.82, 2.24) is 5.32 Å². The second kappa shape index (κ2) is 17.9. The molecule has 42 heavy (non-hydrogen) atoms. The molecule has 1 fully saturated rings. The summed E-state index contributed by atoms with van der Waals surface area (Å²) in [4.78, 5) is 56.0. The summed E-state index contributed by atoms with van der Waals surface area (Å²) in [6.07, 6.45) is 10.7. The van der Waals surface area contributed by atoms with E-state index in [4.69, 9.17) is 15.9 Å². The fourth-order valence-electron chi connectivity index (χ4n) is 4.74. The van der Waals surface area contributed by atoms with Crippen LogP contribution in [-0.2, 0) is 30.4 Å². The molecule has 0 heterocycles. The Morgan fingerprint density at radius 1 is 0.952 bits per heavy atom. The fraction of sp³-hybridized carbons (Fsp3) is 0.323. The van der Waals surface area contributed by atoms with Gasteiger partial charge in [0.1, 0.15) is 6.29 Å². The predicted octanol–water partition coefficient (Wildman–Crippen LogP) is -0.683. The maximum Gasteiger partial charge on any atom is 1.00 e. The summed E-state index contributed by atoms with van der Waals surface area (Å²) < 4.78 is 0. The van der Waals surface area contributed by atoms with Gasteiger partial charge in [-0.25, -0.2) is 0 Å². The first-order chi connectivity index (χ1) is 19.7. The van der Waals surface area contributed by atoms with Gasteiger partial charge in [-0.05, 0) is 60.2 Å². The van der Waals surface area contributed by atoms with Crippen molar-refractivity contribution in [2.45, 2.75) is 38.1 Å². The first-order valence-corrected chi connectivity index (χ1v) is 13.4. The molecule has 0 bridgehead atoms. The summed E-state index contributed by atoms with van der Waals surface area (Å²) in [5.74, 6) is -4.60. The largest absolute Gasteiger partial charge is 1.00 e. The Morgan fingerprint density at radius 3 is 2.24 bits per heavy atom. The molecule has 2 amide bonds. The van der Waals surface area contributed by atoms with Crippen LogP contribution in [0.5, 0.6) is 0 Å². The van der Waals surface area contributed by atoms with Crippen molar-refractivity contribution in [3.05, 3.63) is 82.4 Å². The number of rotatable bonds is 9. The summed E-state index contributed by atoms with van der Waals surface area (Å²) in [7, 11) is 0. The molecule has 3 unspecified atom stereocenters. The molecule has 1 saturated carbocycles. The molecule has 11 heteroatoms. The zero-order valence-electron chi connectivity index (χ0n) is 23.5. The molecule has 216 valence electrons. The van der Waals surface area contributed by atoms with E-state index in [1.165, 1.54) is 0 Å². The number of hydrogen-bond donors (Lipinski definition) is 4. The minimum absolute atomic E-state index is 0. The summed E-state index contributed by atoms with van der Waals surface area (Å²) in [5.41, 5.74) is 9.56. The minimum Gasteiger partial charge on any atom is -0.667 e. The van der Waals surface area contributed by atoms with E-state index in [1.54, 1.807) is 0 Å². The molecule has 2 aliphatic carbocycles. The molecule has 10 nitrogen and oxygen atoms in total. The van der Waals surface area contributed by atoms with Gasteiger partial charge in [0, 0.05) is 11.6 Å². The molecule has 0 spiro atoms. The van der Waals surface area contributed by atoms with E-state index in [-0.39, 0.29) is 83.1 Å². The Balaban J connectivity index is 0.000000349. The van der Waals surface area contributed by atoms with Crippen LogP contribution in [0.2, 0.25) is 0 Å². The molecule has 4 rings (SSSR count). The first-order valence-electron chi connectivity index (χ1n) is 13.4. The van der Waals surface area contributed by atoms with Crippen LogP contribution in [0.4, 0.5) is 5.69 Å². The van der Waals surface area contributed by atoms with Gasteiger partial charge in [0.25, 0.3) is 0 Å². The molecule has 2 aromatic rings. The van der Waals surface area contributed by atoms with Gasteiger partial charge in [-0.1, -0.05) is 66.7 Å². The Bertz CT molecular complexity index is 1390. The van der Waals surface area contributed by atoms with Crippen LogP contribution in [0.1, 0.15) is 31.2 Å². The topological polar surface area (TPSA) is 174 Å². The van der Waals surface area contributed by atoms with Crippen molar-refractivity contribution in [3.8, 4) is 0 Å². The molecule has 3 atom stereocenters. The number of carbonyl (C=O) groups is 5. The molecule has 0 aliphatic heterocycles. The average molecular weight is 600 g/mol. The molecule has 0 saturated heterocycles. The van der Waals surface area contributed by atoms with E-state index < -0.39 is 41.6 Å². The van der Waals surface area contributed by atoms with Gasteiger partial charge < -0.3 is 31.4 Å². The van der Waals surface area contributed by atoms with Gasteiger partial charge in [-0.15, -0.1) is 0 Å². The van der Waals surface area contributed by atoms with Crippen LogP contribution < -0.4 is 72.5 Å². The molecule has 2 aliphatic rings. The number of carboxylic acid groups (broad SMARTS) is 2. The summed E-state index contributed by atoms with van der Waals surface area (Å²) in [5, 5.41) is 25.0. The van der Waals surface area contributed by atoms with Gasteiger partial charge in [0.2, 0.25) is 11.8 Å². The number of anilines is 1. The van der Waals surface area contributed by atoms with Crippen LogP contribution in [0, 0.1) is 17.8 Å². The number of carboxylic acids is 2. The molecular weight excluding hydrogens is 565 g/mol. The average Bonchev–Trinajstić information content (AvgIpc) is 3.21. The van der Waals surface area contributed by atoms with E-state index in [0.29, 0.717) is 18.4 Å². The molecule has 0 aromatic heterocycles. The van der Waals surface area contributed by atoms with E-state index in [9.17, 15) is 24.0 Å². The van der Waals surface area contributed by atoms with Crippen LogP contribution in [0.3, 0.4) is 0 Å². The van der Waals surface area contributed by atoms with E-state index in [1.807, 2.05) is 60.7 Å². The number of benzene rings is 2. The fourth-order valence-corrected chi connectivity index (χ4v) is 4.74. The van der Waals surface area contributed by atoms with Crippen molar-refractivity contribution >= 4 is 47.9 Å². The number of hydrogen-bond acceptors (Lipinski definition) is 5. The van der Waals surface area contributed by atoms with Crippen LogP contribution >= 0.6 is 0 Å². The maximum absolute atomic E-state index is 12.1. The quantitative estimate of drug-likeness (QED) is 0.218. The molecule has 2 aromatic carbocycles. The van der Waals surface area contributed by atoms with Crippen LogP contribution in [-0.4, -0.2) is 52.8 Å². The van der Waals surface area contributed by atoms with E-state index >= 15 is 0 Å². The second-order valence-corrected chi connectivity index (χ2v) is 10.1. The number of carbonyl (C=O) groups excluding carboxylic acids is 3. The van der Waals surface area contributed by atoms with Gasteiger partial charge in [-0.3, -0.25) is 19.2 Å². The molecular formula is C31H34KN3O7. The Labute approximate surface area is 286 Å². The third-order valence-corrected chi connectivity index (χ3v) is 6.91. The number of nitrogens with one attached hydrogen (secondary N) is 3. The minimum atomic E-state index is -1.01. The van der Waals surface area contributed by atoms with E-state index in [2.05, 4.69) is 22.8 Å². The standard InChI is InChI=1S/C22H22N3O2.C9H12O5.K/c23-20(13-16-7-3-1-4-8-16)22(27)24-15-21(26)25-19-12-11-17-9-5-2-6-10-18(17)14-19;10-4-5-1-6(8(11)12)3-7(2-5)9(13)14;/h1-5,7-12,14,20,23H,6,13,15H2,(H,24,27)(H,25,26);4-7H,1-3H2,(H,11,12)(H,13,14);/q-1;;+1. The monoisotopic (exact) mass is 599 g/mol. The zero-order valence-corrected chi connectivity index (χ0v) is 26.6. The molecule has 5 N–H and O–H groups in total. The molecule has 0 radical (unpaired) electrons. The van der Waals surface area contributed by atoms with Crippen molar-refractivity contribution in [2.24, 2.45) is 17.8 Å². The van der Waals surface area contributed by atoms with Crippen LogP contribution in [0.15, 0.2) is 60.7 Å². The Morgan fingerprint density at radius 2 is 1.62 bits per heavy atom. The smallest absolute Gasteiger partial charge is 0.667 e. The second-order valence-electron chi connectivity index (χ2n) is 10.1.